The van der Waals surface area contributed by atoms with Crippen molar-refractivity contribution in [3.8, 4) is 0 Å². The van der Waals surface area contributed by atoms with E-state index in [0.717, 1.165) is 30.5 Å². The average Bonchev–Trinajstić information content (AvgIpc) is 2.70. The number of nitrogens with one attached hydrogen (secondary N) is 1. The van der Waals surface area contributed by atoms with Crippen molar-refractivity contribution in [1.82, 2.24) is 9.80 Å². The Morgan fingerprint density at radius 3 is 2.50 bits per heavy atom. The molecule has 5 nitrogen and oxygen atoms in total. The van der Waals surface area contributed by atoms with Gasteiger partial charge >= 0.3 is 6.03 Å². The van der Waals surface area contributed by atoms with Crippen LogP contribution < -0.4 is 5.32 Å². The molecule has 0 saturated carbocycles. The highest BCUT2D eigenvalue weighted by Crippen LogP contribution is 2.20. The molecule has 3 amide bonds. The maximum atomic E-state index is 12.7. The lowest BCUT2D eigenvalue weighted by molar-refractivity contribution is 0.0635. The fourth-order valence-corrected chi connectivity index (χ4v) is 3.60. The zero-order valence-corrected chi connectivity index (χ0v) is 16.9. The molecule has 2 aromatic carbocycles. The van der Waals surface area contributed by atoms with Crippen molar-refractivity contribution in [2.24, 2.45) is 0 Å². The van der Waals surface area contributed by atoms with Crippen molar-refractivity contribution in [2.45, 2.75) is 45.7 Å². The van der Waals surface area contributed by atoms with Crippen LogP contribution >= 0.6 is 0 Å². The summed E-state index contributed by atoms with van der Waals surface area (Å²) in [6.07, 6.45) is 3.32. The summed E-state index contributed by atoms with van der Waals surface area (Å²) in [5.74, 6) is 0.0711. The minimum Gasteiger partial charge on any atom is -0.336 e. The standard InChI is InChI=1S/C23H29N3O2/c1-17-8-4-5-10-20(17)16-25(3)23(28)24-21-13-11-19(12-14-21)22(27)26-15-7-6-9-18(26)2/h4-5,8,10-14,18H,6-7,9,15-16H2,1-3H3,(H,24,28). The molecule has 0 aliphatic carbocycles. The number of hydrogen-bond donors (Lipinski definition) is 1. The van der Waals surface area contributed by atoms with Crippen molar-refractivity contribution < 1.29 is 9.59 Å². The number of urea groups is 1. The number of carbonyl (C=O) groups is 2. The summed E-state index contributed by atoms with van der Waals surface area (Å²) >= 11 is 0. The molecule has 1 heterocycles. The van der Waals surface area contributed by atoms with Gasteiger partial charge in [-0.1, -0.05) is 24.3 Å². The summed E-state index contributed by atoms with van der Waals surface area (Å²) in [5, 5.41) is 2.90. The van der Waals surface area contributed by atoms with Crippen LogP contribution in [0.15, 0.2) is 48.5 Å². The van der Waals surface area contributed by atoms with Gasteiger partial charge in [-0.25, -0.2) is 4.79 Å². The van der Waals surface area contributed by atoms with E-state index in [9.17, 15) is 9.59 Å². The largest absolute Gasteiger partial charge is 0.336 e. The molecule has 0 radical (unpaired) electrons. The van der Waals surface area contributed by atoms with Crippen LogP contribution in [-0.4, -0.2) is 41.4 Å². The zero-order chi connectivity index (χ0) is 20.1. The Bertz CT molecular complexity index is 832. The lowest BCUT2D eigenvalue weighted by atomic mass is 10.0. The third-order valence-corrected chi connectivity index (χ3v) is 5.46. The Morgan fingerprint density at radius 2 is 1.82 bits per heavy atom. The predicted molar refractivity (Wildman–Crippen MR) is 112 cm³/mol. The molecular weight excluding hydrogens is 350 g/mol. The Morgan fingerprint density at radius 1 is 1.11 bits per heavy atom. The summed E-state index contributed by atoms with van der Waals surface area (Å²) in [6.45, 7) is 5.51. The van der Waals surface area contributed by atoms with Crippen molar-refractivity contribution in [3.63, 3.8) is 0 Å². The fourth-order valence-electron chi connectivity index (χ4n) is 3.60. The Hall–Kier alpha value is -2.82. The third-order valence-electron chi connectivity index (χ3n) is 5.46. The topological polar surface area (TPSA) is 52.7 Å². The lowest BCUT2D eigenvalue weighted by Crippen LogP contribution is -2.42. The number of aryl methyl sites for hydroxylation is 1. The molecule has 1 aliphatic heterocycles. The van der Waals surface area contributed by atoms with E-state index in [2.05, 4.69) is 12.2 Å². The van der Waals surface area contributed by atoms with E-state index >= 15 is 0 Å². The second-order valence-electron chi connectivity index (χ2n) is 7.63. The van der Waals surface area contributed by atoms with Crippen molar-refractivity contribution >= 4 is 17.6 Å². The SMILES string of the molecule is Cc1ccccc1CN(C)C(=O)Nc1ccc(C(=O)N2CCCCC2C)cc1. The maximum Gasteiger partial charge on any atom is 0.321 e. The molecule has 5 heteroatoms. The smallest absolute Gasteiger partial charge is 0.321 e. The van der Waals surface area contributed by atoms with E-state index in [1.165, 1.54) is 6.42 Å². The molecule has 0 bridgehead atoms. The van der Waals surface area contributed by atoms with E-state index in [-0.39, 0.29) is 18.0 Å². The molecule has 1 atom stereocenters. The van der Waals surface area contributed by atoms with Crippen LogP contribution in [-0.2, 0) is 6.54 Å². The molecule has 0 spiro atoms. The molecule has 3 rings (SSSR count). The van der Waals surface area contributed by atoms with Gasteiger partial charge in [0.05, 0.1) is 0 Å². The number of piperidine rings is 1. The van der Waals surface area contributed by atoms with Gasteiger partial charge in [0.15, 0.2) is 0 Å². The first-order valence-corrected chi connectivity index (χ1v) is 9.93. The van der Waals surface area contributed by atoms with Crippen LogP contribution in [0.25, 0.3) is 0 Å². The van der Waals surface area contributed by atoms with E-state index < -0.39 is 0 Å². The van der Waals surface area contributed by atoms with Gasteiger partial charge in [-0.3, -0.25) is 4.79 Å². The van der Waals surface area contributed by atoms with Crippen LogP contribution in [0.5, 0.6) is 0 Å². The highest BCUT2D eigenvalue weighted by atomic mass is 16.2. The molecule has 1 N–H and O–H groups in total. The normalized spacial score (nSPS) is 16.5. The molecule has 1 saturated heterocycles. The summed E-state index contributed by atoms with van der Waals surface area (Å²) in [6, 6.07) is 15.3. The molecule has 1 unspecified atom stereocenters. The second kappa shape index (κ2) is 8.91. The Kier molecular flexibility index (Phi) is 6.34. The third kappa shape index (κ3) is 4.71. The number of amides is 3. The number of likely N-dealkylation sites (tertiary alicyclic amines) is 1. The molecule has 148 valence electrons. The first kappa shape index (κ1) is 19.9. The van der Waals surface area contributed by atoms with Crippen LogP contribution in [0.1, 0.15) is 47.7 Å². The van der Waals surface area contributed by atoms with Gasteiger partial charge in [0.1, 0.15) is 0 Å². The number of rotatable bonds is 4. The monoisotopic (exact) mass is 379 g/mol. The summed E-state index contributed by atoms with van der Waals surface area (Å²) in [5.41, 5.74) is 3.64. The quantitative estimate of drug-likeness (QED) is 0.839. The maximum absolute atomic E-state index is 12.7. The van der Waals surface area contributed by atoms with Crippen LogP contribution in [0, 0.1) is 6.92 Å². The van der Waals surface area contributed by atoms with E-state index in [0.29, 0.717) is 17.8 Å². The molecular formula is C23H29N3O2. The lowest BCUT2D eigenvalue weighted by Gasteiger charge is -2.33. The highest BCUT2D eigenvalue weighted by molar-refractivity contribution is 5.95. The second-order valence-corrected chi connectivity index (χ2v) is 7.63. The van der Waals surface area contributed by atoms with Gasteiger partial charge < -0.3 is 15.1 Å². The fraction of sp³-hybridized carbons (Fsp3) is 0.391. The Labute approximate surface area is 167 Å². The number of anilines is 1. The minimum atomic E-state index is -0.174. The predicted octanol–water partition coefficient (Wildman–Crippen LogP) is 4.67. The minimum absolute atomic E-state index is 0.0711. The number of carbonyl (C=O) groups excluding carboxylic acids is 2. The van der Waals surface area contributed by atoms with Crippen LogP contribution in [0.2, 0.25) is 0 Å². The summed E-state index contributed by atoms with van der Waals surface area (Å²) in [4.78, 5) is 28.8. The van der Waals surface area contributed by atoms with Gasteiger partial charge in [0.25, 0.3) is 5.91 Å². The molecule has 28 heavy (non-hydrogen) atoms. The summed E-state index contributed by atoms with van der Waals surface area (Å²) < 4.78 is 0. The van der Waals surface area contributed by atoms with Gasteiger partial charge in [-0.05, 0) is 68.5 Å². The molecule has 0 aromatic heterocycles. The van der Waals surface area contributed by atoms with E-state index in [1.807, 2.05) is 36.1 Å². The van der Waals surface area contributed by atoms with Gasteiger partial charge in [0, 0.05) is 37.4 Å². The Balaban J connectivity index is 1.59. The number of nitrogens with zero attached hydrogens (tertiary/aromatic N) is 2. The van der Waals surface area contributed by atoms with E-state index in [4.69, 9.17) is 0 Å². The van der Waals surface area contributed by atoms with Crippen LogP contribution in [0.3, 0.4) is 0 Å². The van der Waals surface area contributed by atoms with E-state index in [1.54, 1.807) is 36.2 Å². The molecule has 1 fully saturated rings. The van der Waals surface area contributed by atoms with Crippen molar-refractivity contribution in [2.75, 3.05) is 18.9 Å². The van der Waals surface area contributed by atoms with Gasteiger partial charge in [-0.2, -0.15) is 0 Å². The van der Waals surface area contributed by atoms with Crippen molar-refractivity contribution in [1.29, 1.82) is 0 Å². The van der Waals surface area contributed by atoms with Crippen LogP contribution in [0.4, 0.5) is 10.5 Å². The number of benzene rings is 2. The molecule has 1 aliphatic rings. The number of hydrogen-bond acceptors (Lipinski definition) is 2. The van der Waals surface area contributed by atoms with Gasteiger partial charge in [-0.15, -0.1) is 0 Å². The summed E-state index contributed by atoms with van der Waals surface area (Å²) in [7, 11) is 1.78. The van der Waals surface area contributed by atoms with Gasteiger partial charge in [0.2, 0.25) is 0 Å². The zero-order valence-electron chi connectivity index (χ0n) is 16.9. The average molecular weight is 380 g/mol. The van der Waals surface area contributed by atoms with Crippen molar-refractivity contribution in [3.05, 3.63) is 65.2 Å². The first-order chi connectivity index (χ1) is 13.5. The molecule has 2 aromatic rings. The highest BCUT2D eigenvalue weighted by Gasteiger charge is 2.24. The first-order valence-electron chi connectivity index (χ1n) is 9.93.